The van der Waals surface area contributed by atoms with Gasteiger partial charge in [0.15, 0.2) is 0 Å². The van der Waals surface area contributed by atoms with Crippen LogP contribution in [-0.4, -0.2) is 51.1 Å². The zero-order valence-corrected chi connectivity index (χ0v) is 15.5. The van der Waals surface area contributed by atoms with E-state index in [-0.39, 0.29) is 5.92 Å². The highest BCUT2D eigenvalue weighted by Crippen LogP contribution is 2.36. The first kappa shape index (κ1) is 17.9. The van der Waals surface area contributed by atoms with E-state index in [0.29, 0.717) is 43.2 Å². The molecule has 4 rings (SSSR count). The van der Waals surface area contributed by atoms with Gasteiger partial charge >= 0.3 is 6.09 Å². The summed E-state index contributed by atoms with van der Waals surface area (Å²) in [6.07, 6.45) is 2.22. The summed E-state index contributed by atoms with van der Waals surface area (Å²) in [5, 5.41) is 15.0. The quantitative estimate of drug-likeness (QED) is 0.593. The molecule has 5 N–H and O–H groups in total. The molecule has 0 aliphatic carbocycles. The van der Waals surface area contributed by atoms with E-state index < -0.39 is 6.09 Å². The lowest BCUT2D eigenvalue weighted by Gasteiger charge is -2.29. The number of likely N-dealkylation sites (tertiary alicyclic amines) is 1. The number of anilines is 2. The number of carboxylic acid groups (broad SMARTS) is 1. The molecule has 0 atom stereocenters. The lowest BCUT2D eigenvalue weighted by Crippen LogP contribution is -2.36. The summed E-state index contributed by atoms with van der Waals surface area (Å²) < 4.78 is 7.10. The Labute approximate surface area is 161 Å². The second kappa shape index (κ2) is 6.91. The van der Waals surface area contributed by atoms with Crippen LogP contribution in [0.5, 0.6) is 5.75 Å². The molecule has 2 aromatic heterocycles. The third kappa shape index (κ3) is 2.94. The van der Waals surface area contributed by atoms with E-state index in [4.69, 9.17) is 21.3 Å². The molecule has 1 aliphatic rings. The van der Waals surface area contributed by atoms with Crippen LogP contribution >= 0.6 is 0 Å². The summed E-state index contributed by atoms with van der Waals surface area (Å²) in [6.45, 7) is 0.981. The van der Waals surface area contributed by atoms with Crippen molar-refractivity contribution in [2.45, 2.75) is 18.8 Å². The number of hydrogen-bond donors (Lipinski definition) is 3. The van der Waals surface area contributed by atoms with Crippen LogP contribution in [0.15, 0.2) is 30.5 Å². The van der Waals surface area contributed by atoms with E-state index in [1.807, 2.05) is 18.2 Å². The van der Waals surface area contributed by atoms with Crippen molar-refractivity contribution >= 4 is 28.5 Å². The summed E-state index contributed by atoms with van der Waals surface area (Å²) in [6, 6.07) is 7.33. The number of nitrogens with zero attached hydrogens (tertiary/aromatic N) is 4. The van der Waals surface area contributed by atoms with E-state index in [1.54, 1.807) is 24.1 Å². The van der Waals surface area contributed by atoms with Crippen LogP contribution in [-0.2, 0) is 0 Å². The molecule has 1 fully saturated rings. The number of hydrogen-bond acceptors (Lipinski definition) is 6. The smallest absolute Gasteiger partial charge is 0.407 e. The van der Waals surface area contributed by atoms with Crippen LogP contribution in [0.3, 0.4) is 0 Å². The molecule has 146 valence electrons. The molecule has 0 saturated carbocycles. The number of aromatic nitrogens is 3. The van der Waals surface area contributed by atoms with Crippen molar-refractivity contribution in [3.05, 3.63) is 36.2 Å². The number of fused-ring (bicyclic) bond motifs is 1. The number of amides is 1. The number of nitrogen functional groups attached to an aromatic ring is 2. The molecular formula is C19H22N6O3. The van der Waals surface area contributed by atoms with Gasteiger partial charge in [0.2, 0.25) is 0 Å². The third-order valence-electron chi connectivity index (χ3n) is 5.26. The van der Waals surface area contributed by atoms with Gasteiger partial charge in [0.05, 0.1) is 24.2 Å². The van der Waals surface area contributed by atoms with Crippen LogP contribution in [0.25, 0.3) is 16.6 Å². The number of methoxy groups -OCH3 is 1. The zero-order valence-electron chi connectivity index (χ0n) is 15.5. The normalized spacial score (nSPS) is 15.1. The Hall–Kier alpha value is -3.49. The molecular weight excluding hydrogens is 360 g/mol. The van der Waals surface area contributed by atoms with Crippen LogP contribution in [0.4, 0.5) is 16.3 Å². The average molecular weight is 382 g/mol. The molecule has 0 bridgehead atoms. The summed E-state index contributed by atoms with van der Waals surface area (Å²) in [5.41, 5.74) is 15.1. The maximum Gasteiger partial charge on any atom is 0.407 e. The molecule has 1 saturated heterocycles. The largest absolute Gasteiger partial charge is 0.495 e. The minimum atomic E-state index is -0.878. The number of carbonyl (C=O) groups is 1. The summed E-state index contributed by atoms with van der Waals surface area (Å²) in [4.78, 5) is 16.9. The van der Waals surface area contributed by atoms with Crippen molar-refractivity contribution in [1.82, 2.24) is 19.7 Å². The van der Waals surface area contributed by atoms with Gasteiger partial charge in [-0.15, -0.1) is 0 Å². The van der Waals surface area contributed by atoms with Gasteiger partial charge in [0.25, 0.3) is 0 Å². The Morgan fingerprint density at radius 2 is 2.00 bits per heavy atom. The number of piperidine rings is 1. The summed E-state index contributed by atoms with van der Waals surface area (Å²) >= 11 is 0. The first-order valence-corrected chi connectivity index (χ1v) is 9.04. The highest BCUT2D eigenvalue weighted by molar-refractivity contribution is 5.91. The van der Waals surface area contributed by atoms with Gasteiger partial charge in [-0.1, -0.05) is 0 Å². The number of pyridine rings is 1. The van der Waals surface area contributed by atoms with Crippen molar-refractivity contribution < 1.29 is 14.6 Å². The van der Waals surface area contributed by atoms with E-state index in [2.05, 4.69) is 4.98 Å². The molecule has 0 spiro atoms. The van der Waals surface area contributed by atoms with Gasteiger partial charge in [-0.05, 0) is 31.0 Å². The monoisotopic (exact) mass is 382 g/mol. The minimum Gasteiger partial charge on any atom is -0.495 e. The third-order valence-corrected chi connectivity index (χ3v) is 5.26. The molecule has 1 amide bonds. The average Bonchev–Trinajstić information content (AvgIpc) is 3.09. The molecule has 3 heterocycles. The van der Waals surface area contributed by atoms with Crippen molar-refractivity contribution in [2.24, 2.45) is 0 Å². The lowest BCUT2D eigenvalue weighted by atomic mass is 9.92. The van der Waals surface area contributed by atoms with Crippen LogP contribution in [0.1, 0.15) is 24.5 Å². The fourth-order valence-corrected chi connectivity index (χ4v) is 3.78. The number of nitrogens with two attached hydrogens (primary N) is 2. The first-order chi connectivity index (χ1) is 13.5. The summed E-state index contributed by atoms with van der Waals surface area (Å²) in [7, 11) is 1.56. The lowest BCUT2D eigenvalue weighted by molar-refractivity contribution is 0.132. The molecule has 9 nitrogen and oxygen atoms in total. The van der Waals surface area contributed by atoms with E-state index in [9.17, 15) is 9.90 Å². The molecule has 1 aliphatic heterocycles. The molecule has 28 heavy (non-hydrogen) atoms. The standard InChI is InChI=1S/C19H22N6O3/c1-28-15-10-12(2-3-14(15)20)25-17-13(4-7-22-18(17)21)16(23-25)11-5-8-24(9-6-11)19(26)27/h2-4,7,10-11H,5-6,8-9,20H2,1H3,(H2,21,22)(H,26,27). The van der Waals surface area contributed by atoms with Crippen LogP contribution < -0.4 is 16.2 Å². The maximum atomic E-state index is 11.2. The Bertz CT molecular complexity index is 1040. The van der Waals surface area contributed by atoms with Gasteiger partial charge in [0.1, 0.15) is 17.1 Å². The highest BCUT2D eigenvalue weighted by atomic mass is 16.5. The number of benzene rings is 1. The molecule has 3 aromatic rings. The Balaban J connectivity index is 1.80. The minimum absolute atomic E-state index is 0.150. The predicted octanol–water partition coefficient (Wildman–Crippen LogP) is 2.45. The molecule has 9 heteroatoms. The fourth-order valence-electron chi connectivity index (χ4n) is 3.78. The number of ether oxygens (including phenoxy) is 1. The second-order valence-corrected chi connectivity index (χ2v) is 6.86. The van der Waals surface area contributed by atoms with Crippen molar-refractivity contribution in [1.29, 1.82) is 0 Å². The maximum absolute atomic E-state index is 11.2. The Morgan fingerprint density at radius 1 is 1.25 bits per heavy atom. The number of rotatable bonds is 3. The van der Waals surface area contributed by atoms with E-state index >= 15 is 0 Å². The van der Waals surface area contributed by atoms with Crippen molar-refractivity contribution in [2.75, 3.05) is 31.7 Å². The first-order valence-electron chi connectivity index (χ1n) is 9.04. The SMILES string of the molecule is COc1cc(-n2nc(C3CCN(C(=O)O)CC3)c3ccnc(N)c32)ccc1N. The van der Waals surface area contributed by atoms with Gasteiger partial charge in [0, 0.05) is 36.7 Å². The van der Waals surface area contributed by atoms with Gasteiger partial charge in [-0.3, -0.25) is 0 Å². The van der Waals surface area contributed by atoms with Crippen LogP contribution in [0.2, 0.25) is 0 Å². The topological polar surface area (TPSA) is 133 Å². The predicted molar refractivity (Wildman–Crippen MR) is 106 cm³/mol. The highest BCUT2D eigenvalue weighted by Gasteiger charge is 2.28. The summed E-state index contributed by atoms with van der Waals surface area (Å²) in [5.74, 6) is 1.09. The van der Waals surface area contributed by atoms with Crippen molar-refractivity contribution in [3.63, 3.8) is 0 Å². The fraction of sp³-hybridized carbons (Fsp3) is 0.316. The molecule has 0 unspecified atom stereocenters. The van der Waals surface area contributed by atoms with Crippen molar-refractivity contribution in [3.8, 4) is 11.4 Å². The van der Waals surface area contributed by atoms with Crippen LogP contribution in [0, 0.1) is 0 Å². The molecule has 1 aromatic carbocycles. The Morgan fingerprint density at radius 3 is 2.68 bits per heavy atom. The van der Waals surface area contributed by atoms with Gasteiger partial charge in [-0.2, -0.15) is 5.10 Å². The zero-order chi connectivity index (χ0) is 19.8. The van der Waals surface area contributed by atoms with Gasteiger partial charge < -0.3 is 26.2 Å². The van der Waals surface area contributed by atoms with Gasteiger partial charge in [-0.25, -0.2) is 14.5 Å². The molecule has 0 radical (unpaired) electrons. The van der Waals surface area contributed by atoms with E-state index in [0.717, 1.165) is 22.3 Å². The van der Waals surface area contributed by atoms with E-state index in [1.165, 1.54) is 4.90 Å². The Kier molecular flexibility index (Phi) is 4.42. The second-order valence-electron chi connectivity index (χ2n) is 6.86.